The summed E-state index contributed by atoms with van der Waals surface area (Å²) >= 11 is 0. The van der Waals surface area contributed by atoms with E-state index in [1.807, 2.05) is 13.0 Å². The molecule has 0 spiro atoms. The number of nitrogens with one attached hydrogen (secondary N) is 2. The van der Waals surface area contributed by atoms with Crippen LogP contribution in [-0.4, -0.2) is 31.3 Å². The Hall–Kier alpha value is -1.40. The fraction of sp³-hybridized carbons (Fsp3) is 0.579. The number of rotatable bonds is 4. The predicted octanol–water partition coefficient (Wildman–Crippen LogP) is 3.18. The van der Waals surface area contributed by atoms with Crippen molar-refractivity contribution >= 4 is 29.9 Å². The summed E-state index contributed by atoms with van der Waals surface area (Å²) in [6, 6.07) is 6.66. The number of nitrogens with zero attached hydrogens (tertiary/aromatic N) is 2. The molecule has 1 heterocycles. The Labute approximate surface area is 171 Å². The van der Waals surface area contributed by atoms with Crippen LogP contribution in [0.3, 0.4) is 0 Å². The molecule has 3 unspecified atom stereocenters. The normalized spacial score (nSPS) is 26.1. The van der Waals surface area contributed by atoms with E-state index in [-0.39, 0.29) is 47.8 Å². The van der Waals surface area contributed by atoms with E-state index in [9.17, 15) is 4.39 Å². The monoisotopic (exact) mass is 472 g/mol. The first kappa shape index (κ1) is 20.9. The number of hydrogen-bond acceptors (Lipinski definition) is 3. The fourth-order valence-electron chi connectivity index (χ4n) is 4.01. The molecule has 0 amide bonds. The highest BCUT2D eigenvalue weighted by Crippen LogP contribution is 2.52. The Morgan fingerprint density at radius 1 is 1.46 bits per heavy atom. The molecule has 1 aromatic carbocycles. The van der Waals surface area contributed by atoms with Gasteiger partial charge in [0, 0.05) is 36.1 Å². The zero-order chi connectivity index (χ0) is 18.0. The topological polar surface area (TPSA) is 69.4 Å². The van der Waals surface area contributed by atoms with E-state index in [4.69, 9.17) is 10.00 Å². The van der Waals surface area contributed by atoms with Crippen LogP contribution in [-0.2, 0) is 11.3 Å². The molecular formula is C19H26FIN4O. The first-order valence-electron chi connectivity index (χ1n) is 8.82. The molecule has 2 aliphatic rings. The zero-order valence-electron chi connectivity index (χ0n) is 15.4. The summed E-state index contributed by atoms with van der Waals surface area (Å²) in [6.45, 7) is 8.14. The van der Waals surface area contributed by atoms with Crippen LogP contribution in [0.25, 0.3) is 0 Å². The second kappa shape index (κ2) is 8.53. The van der Waals surface area contributed by atoms with Crippen molar-refractivity contribution in [2.45, 2.75) is 45.9 Å². The van der Waals surface area contributed by atoms with Gasteiger partial charge in [-0.3, -0.25) is 0 Å². The van der Waals surface area contributed by atoms with Crippen molar-refractivity contribution in [1.29, 1.82) is 5.26 Å². The van der Waals surface area contributed by atoms with Crippen LogP contribution in [0.1, 0.15) is 38.3 Å². The van der Waals surface area contributed by atoms with Crippen molar-refractivity contribution in [1.82, 2.24) is 10.6 Å². The largest absolute Gasteiger partial charge is 0.377 e. The number of fused-ring (bicyclic) bond motifs is 1. The standard InChI is InChI=1S/C19H25FN4O.HI/c1-4-22-18(23-11-13-9-12(10-21)5-6-15(13)20)24-16-14-7-8-25-17(14)19(16,2)3;/h5-6,9,14,16-17H,4,7-8,11H2,1-3H3,(H2,22,23,24);1H. The van der Waals surface area contributed by atoms with E-state index in [2.05, 4.69) is 29.5 Å². The van der Waals surface area contributed by atoms with Crippen LogP contribution in [0.2, 0.25) is 0 Å². The van der Waals surface area contributed by atoms with Gasteiger partial charge in [-0.2, -0.15) is 5.26 Å². The number of aliphatic imine (C=N–C) groups is 1. The van der Waals surface area contributed by atoms with Crippen molar-refractivity contribution in [3.05, 3.63) is 35.1 Å². The van der Waals surface area contributed by atoms with Crippen LogP contribution < -0.4 is 10.6 Å². The number of halogens is 2. The third-order valence-electron chi connectivity index (χ3n) is 5.32. The van der Waals surface area contributed by atoms with Crippen molar-refractivity contribution in [3.8, 4) is 6.07 Å². The summed E-state index contributed by atoms with van der Waals surface area (Å²) in [4.78, 5) is 4.53. The molecule has 7 heteroatoms. The summed E-state index contributed by atoms with van der Waals surface area (Å²) in [7, 11) is 0. The van der Waals surface area contributed by atoms with Crippen molar-refractivity contribution < 1.29 is 9.13 Å². The second-order valence-electron chi connectivity index (χ2n) is 7.30. The lowest BCUT2D eigenvalue weighted by Gasteiger charge is -2.54. The Balaban J connectivity index is 0.00000243. The number of ether oxygens (including phenoxy) is 1. The SMILES string of the molecule is CCNC(=NCc1cc(C#N)ccc1F)NC1C2CCOC2C1(C)C.I. The zero-order valence-corrected chi connectivity index (χ0v) is 17.7. The second-order valence-corrected chi connectivity index (χ2v) is 7.30. The van der Waals surface area contributed by atoms with Crippen LogP contribution in [0, 0.1) is 28.5 Å². The average molecular weight is 472 g/mol. The van der Waals surface area contributed by atoms with E-state index in [1.165, 1.54) is 12.1 Å². The maximum Gasteiger partial charge on any atom is 0.191 e. The molecule has 0 bridgehead atoms. The summed E-state index contributed by atoms with van der Waals surface area (Å²) < 4.78 is 19.8. The predicted molar refractivity (Wildman–Crippen MR) is 110 cm³/mol. The van der Waals surface area contributed by atoms with Gasteiger partial charge in [-0.05, 0) is 31.5 Å². The lowest BCUT2D eigenvalue weighted by Crippen LogP contribution is -2.67. The number of benzene rings is 1. The molecule has 1 saturated heterocycles. The van der Waals surface area contributed by atoms with Gasteiger partial charge in [0.2, 0.25) is 0 Å². The highest BCUT2D eigenvalue weighted by atomic mass is 127. The Bertz CT molecular complexity index is 716. The summed E-state index contributed by atoms with van der Waals surface area (Å²) in [5.74, 6) is 0.831. The molecule has 3 rings (SSSR count). The Kier molecular flexibility index (Phi) is 6.86. The van der Waals surface area contributed by atoms with Crippen LogP contribution in [0.15, 0.2) is 23.2 Å². The lowest BCUT2D eigenvalue weighted by molar-refractivity contribution is -0.106. The highest BCUT2D eigenvalue weighted by Gasteiger charge is 2.59. The summed E-state index contributed by atoms with van der Waals surface area (Å²) in [5, 5.41) is 15.7. The smallest absolute Gasteiger partial charge is 0.191 e. The molecule has 26 heavy (non-hydrogen) atoms. The molecule has 2 N–H and O–H groups in total. The summed E-state index contributed by atoms with van der Waals surface area (Å²) in [5.41, 5.74) is 0.908. The molecule has 3 atom stereocenters. The molecular weight excluding hydrogens is 446 g/mol. The van der Waals surface area contributed by atoms with Crippen LogP contribution in [0.5, 0.6) is 0 Å². The van der Waals surface area contributed by atoms with Crippen molar-refractivity contribution in [2.75, 3.05) is 13.2 Å². The third-order valence-corrected chi connectivity index (χ3v) is 5.32. The molecule has 1 aliphatic heterocycles. The average Bonchev–Trinajstić information content (AvgIpc) is 3.05. The van der Waals surface area contributed by atoms with Gasteiger partial charge in [-0.1, -0.05) is 13.8 Å². The van der Waals surface area contributed by atoms with E-state index in [0.29, 0.717) is 29.1 Å². The minimum absolute atomic E-state index is 0. The molecule has 1 aliphatic carbocycles. The van der Waals surface area contributed by atoms with Gasteiger partial charge in [-0.15, -0.1) is 24.0 Å². The molecule has 2 fully saturated rings. The van der Waals surface area contributed by atoms with Gasteiger partial charge in [0.25, 0.3) is 0 Å². The van der Waals surface area contributed by atoms with Gasteiger partial charge in [0.1, 0.15) is 5.82 Å². The minimum atomic E-state index is -0.341. The first-order chi connectivity index (χ1) is 12.0. The van der Waals surface area contributed by atoms with Gasteiger partial charge in [-0.25, -0.2) is 9.38 Å². The van der Waals surface area contributed by atoms with Crippen LogP contribution >= 0.6 is 24.0 Å². The molecule has 0 aromatic heterocycles. The van der Waals surface area contributed by atoms with Gasteiger partial charge < -0.3 is 15.4 Å². The van der Waals surface area contributed by atoms with Gasteiger partial charge >= 0.3 is 0 Å². The highest BCUT2D eigenvalue weighted by molar-refractivity contribution is 14.0. The number of nitriles is 1. The molecule has 1 aromatic rings. The molecule has 1 saturated carbocycles. The maximum atomic E-state index is 13.9. The quantitative estimate of drug-likeness (QED) is 0.402. The Morgan fingerprint density at radius 2 is 2.23 bits per heavy atom. The summed E-state index contributed by atoms with van der Waals surface area (Å²) in [6.07, 6.45) is 1.36. The van der Waals surface area contributed by atoms with E-state index in [1.54, 1.807) is 6.07 Å². The van der Waals surface area contributed by atoms with E-state index >= 15 is 0 Å². The van der Waals surface area contributed by atoms with E-state index in [0.717, 1.165) is 19.6 Å². The molecule has 0 radical (unpaired) electrons. The van der Waals surface area contributed by atoms with Gasteiger partial charge in [0.05, 0.1) is 24.3 Å². The third kappa shape index (κ3) is 3.96. The fourth-order valence-corrected chi connectivity index (χ4v) is 4.01. The van der Waals surface area contributed by atoms with E-state index < -0.39 is 0 Å². The molecule has 142 valence electrons. The first-order valence-corrected chi connectivity index (χ1v) is 8.82. The van der Waals surface area contributed by atoms with Gasteiger partial charge in [0.15, 0.2) is 5.96 Å². The number of guanidine groups is 1. The number of hydrogen-bond donors (Lipinski definition) is 2. The maximum absolute atomic E-state index is 13.9. The molecule has 5 nitrogen and oxygen atoms in total. The minimum Gasteiger partial charge on any atom is -0.377 e. The Morgan fingerprint density at radius 3 is 2.92 bits per heavy atom. The lowest BCUT2D eigenvalue weighted by atomic mass is 9.57. The van der Waals surface area contributed by atoms with Crippen LogP contribution in [0.4, 0.5) is 4.39 Å². The van der Waals surface area contributed by atoms with Crippen molar-refractivity contribution in [3.63, 3.8) is 0 Å². The van der Waals surface area contributed by atoms with Crippen molar-refractivity contribution in [2.24, 2.45) is 16.3 Å².